The van der Waals surface area contributed by atoms with Gasteiger partial charge in [0, 0.05) is 53.7 Å². The summed E-state index contributed by atoms with van der Waals surface area (Å²) in [4.78, 5) is 4.87. The number of fused-ring (bicyclic) bond motifs is 2. The summed E-state index contributed by atoms with van der Waals surface area (Å²) in [7, 11) is 2.13. The van der Waals surface area contributed by atoms with Crippen molar-refractivity contribution >= 4 is 32.8 Å². The van der Waals surface area contributed by atoms with E-state index in [0.717, 1.165) is 58.0 Å². The molecule has 0 spiro atoms. The molecular weight excluding hydrogens is 392 g/mol. The average Bonchev–Trinajstić information content (AvgIpc) is 3.26. The molecule has 1 fully saturated rings. The molecule has 0 radical (unpaired) electrons. The molecule has 2 aliphatic rings. The van der Waals surface area contributed by atoms with Crippen LogP contribution in [0.4, 0.5) is 11.4 Å². The molecule has 2 aromatic carbocycles. The molecule has 1 aromatic heterocycles. The van der Waals surface area contributed by atoms with Crippen molar-refractivity contribution in [3.63, 3.8) is 0 Å². The molecule has 2 N–H and O–H groups in total. The van der Waals surface area contributed by atoms with Gasteiger partial charge in [0.1, 0.15) is 5.75 Å². The summed E-state index contributed by atoms with van der Waals surface area (Å²) in [6, 6.07) is 15.9. The number of rotatable bonds is 6. The summed E-state index contributed by atoms with van der Waals surface area (Å²) in [5.41, 5.74) is 3.92. The maximum absolute atomic E-state index is 6.11. The number of piperazine rings is 1. The van der Waals surface area contributed by atoms with Gasteiger partial charge in [0.2, 0.25) is 0 Å². The smallest absolute Gasteiger partial charge is 0.119 e. The highest BCUT2D eigenvalue weighted by Crippen LogP contribution is 2.33. The number of hydrogen-bond donors (Lipinski definition) is 2. The highest BCUT2D eigenvalue weighted by molar-refractivity contribution is 7.17. The van der Waals surface area contributed by atoms with Gasteiger partial charge in [0.25, 0.3) is 0 Å². The van der Waals surface area contributed by atoms with Crippen molar-refractivity contribution < 1.29 is 4.74 Å². The van der Waals surface area contributed by atoms with Crippen molar-refractivity contribution in [1.82, 2.24) is 10.2 Å². The summed E-state index contributed by atoms with van der Waals surface area (Å²) < 4.78 is 7.49. The molecule has 0 aliphatic carbocycles. The standard InChI is InChI=1S/C24H30N4OS/c1-27-16-18-14-20(7-8-22(18)26-17-27)29-12-3-4-19-15-25-10-11-28(19)23-5-2-6-24-21(23)9-13-30-24/h2,5-9,13-14,19,25-26H,3-4,10-12,15-17H2,1H3. The largest absolute Gasteiger partial charge is 0.494 e. The minimum Gasteiger partial charge on any atom is -0.494 e. The lowest BCUT2D eigenvalue weighted by Crippen LogP contribution is -2.51. The Kier molecular flexibility index (Phi) is 5.79. The predicted octanol–water partition coefficient (Wildman–Crippen LogP) is 4.35. The lowest BCUT2D eigenvalue weighted by atomic mass is 10.1. The predicted molar refractivity (Wildman–Crippen MR) is 127 cm³/mol. The third-order valence-corrected chi connectivity index (χ3v) is 7.02. The molecule has 0 bridgehead atoms. The number of ether oxygens (including phenoxy) is 1. The van der Waals surface area contributed by atoms with Crippen molar-refractivity contribution in [2.45, 2.75) is 25.4 Å². The van der Waals surface area contributed by atoms with Crippen LogP contribution >= 0.6 is 11.3 Å². The maximum atomic E-state index is 6.11. The van der Waals surface area contributed by atoms with Crippen molar-refractivity contribution in [3.8, 4) is 5.75 Å². The van der Waals surface area contributed by atoms with Crippen molar-refractivity contribution in [3.05, 3.63) is 53.4 Å². The van der Waals surface area contributed by atoms with E-state index in [4.69, 9.17) is 4.74 Å². The second-order valence-electron chi connectivity index (χ2n) is 8.32. The zero-order valence-corrected chi connectivity index (χ0v) is 18.4. The Morgan fingerprint density at radius 3 is 3.13 bits per heavy atom. The molecule has 30 heavy (non-hydrogen) atoms. The van der Waals surface area contributed by atoms with Crippen LogP contribution in [-0.4, -0.2) is 50.9 Å². The molecular formula is C24H30N4OS. The summed E-state index contributed by atoms with van der Waals surface area (Å²) in [6.07, 6.45) is 2.18. The van der Waals surface area contributed by atoms with Gasteiger partial charge in [-0.25, -0.2) is 0 Å². The van der Waals surface area contributed by atoms with Crippen LogP contribution in [0.15, 0.2) is 47.8 Å². The van der Waals surface area contributed by atoms with Crippen LogP contribution in [0, 0.1) is 0 Å². The van der Waals surface area contributed by atoms with Gasteiger partial charge in [-0.05, 0) is 67.2 Å². The summed E-state index contributed by atoms with van der Waals surface area (Å²) in [6.45, 7) is 5.78. The Hall–Kier alpha value is -2.28. The second kappa shape index (κ2) is 8.84. The molecule has 1 saturated heterocycles. The zero-order chi connectivity index (χ0) is 20.3. The topological polar surface area (TPSA) is 39.8 Å². The Balaban J connectivity index is 1.19. The van der Waals surface area contributed by atoms with Crippen LogP contribution in [0.25, 0.3) is 10.1 Å². The normalized spacial score (nSPS) is 19.5. The molecule has 6 heteroatoms. The van der Waals surface area contributed by atoms with Crippen LogP contribution in [0.2, 0.25) is 0 Å². The number of thiophene rings is 1. The number of benzene rings is 2. The van der Waals surface area contributed by atoms with Gasteiger partial charge in [-0.15, -0.1) is 11.3 Å². The van der Waals surface area contributed by atoms with Crippen LogP contribution in [0.3, 0.4) is 0 Å². The van der Waals surface area contributed by atoms with E-state index in [0.29, 0.717) is 6.04 Å². The van der Waals surface area contributed by atoms with E-state index < -0.39 is 0 Å². The SMILES string of the molecule is CN1CNc2ccc(OCCCC3CNCCN3c3cccc4sccc34)cc2C1. The molecule has 0 saturated carbocycles. The van der Waals surface area contributed by atoms with E-state index >= 15 is 0 Å². The fourth-order valence-corrected chi connectivity index (χ4v) is 5.41. The number of hydrogen-bond acceptors (Lipinski definition) is 6. The molecule has 2 aliphatic heterocycles. The average molecular weight is 423 g/mol. The highest BCUT2D eigenvalue weighted by atomic mass is 32.1. The van der Waals surface area contributed by atoms with E-state index in [1.807, 2.05) is 11.3 Å². The zero-order valence-electron chi connectivity index (χ0n) is 17.6. The monoisotopic (exact) mass is 422 g/mol. The Morgan fingerprint density at radius 2 is 2.17 bits per heavy atom. The lowest BCUT2D eigenvalue weighted by molar-refractivity contribution is 0.294. The molecule has 1 unspecified atom stereocenters. The number of nitrogens with zero attached hydrogens (tertiary/aromatic N) is 2. The maximum Gasteiger partial charge on any atom is 0.119 e. The first kappa shape index (κ1) is 19.7. The van der Waals surface area contributed by atoms with Gasteiger partial charge < -0.3 is 20.3 Å². The van der Waals surface area contributed by atoms with Gasteiger partial charge >= 0.3 is 0 Å². The fraction of sp³-hybridized carbons (Fsp3) is 0.417. The third-order valence-electron chi connectivity index (χ3n) is 6.14. The van der Waals surface area contributed by atoms with E-state index in [9.17, 15) is 0 Å². The Labute approximate surface area is 182 Å². The summed E-state index contributed by atoms with van der Waals surface area (Å²) in [5.74, 6) is 0.979. The van der Waals surface area contributed by atoms with E-state index in [-0.39, 0.29) is 0 Å². The van der Waals surface area contributed by atoms with Crippen molar-refractivity contribution in [2.24, 2.45) is 0 Å². The van der Waals surface area contributed by atoms with Crippen LogP contribution in [0.1, 0.15) is 18.4 Å². The number of anilines is 2. The fourth-order valence-electron chi connectivity index (χ4n) is 4.60. The Bertz CT molecular complexity index is 1000. The summed E-state index contributed by atoms with van der Waals surface area (Å²) in [5, 5.41) is 10.6. The number of nitrogens with one attached hydrogen (secondary N) is 2. The minimum absolute atomic E-state index is 0.509. The van der Waals surface area contributed by atoms with Crippen molar-refractivity contribution in [2.75, 3.05) is 50.2 Å². The molecule has 158 valence electrons. The third kappa shape index (κ3) is 4.13. The first-order valence-electron chi connectivity index (χ1n) is 10.9. The molecule has 5 nitrogen and oxygen atoms in total. The molecule has 5 rings (SSSR count). The van der Waals surface area contributed by atoms with Gasteiger partial charge in [-0.1, -0.05) is 6.07 Å². The molecule has 3 aromatic rings. The van der Waals surface area contributed by atoms with Gasteiger partial charge in [-0.2, -0.15) is 0 Å². The first-order valence-corrected chi connectivity index (χ1v) is 11.8. The van der Waals surface area contributed by atoms with E-state index in [1.165, 1.54) is 27.0 Å². The Morgan fingerprint density at radius 1 is 1.20 bits per heavy atom. The highest BCUT2D eigenvalue weighted by Gasteiger charge is 2.23. The van der Waals surface area contributed by atoms with Gasteiger partial charge in [0.15, 0.2) is 0 Å². The van der Waals surface area contributed by atoms with Gasteiger partial charge in [0.05, 0.1) is 13.3 Å². The van der Waals surface area contributed by atoms with Crippen LogP contribution < -0.4 is 20.3 Å². The quantitative estimate of drug-likeness (QED) is 0.578. The van der Waals surface area contributed by atoms with E-state index in [1.54, 1.807) is 0 Å². The first-order chi connectivity index (χ1) is 14.8. The van der Waals surface area contributed by atoms with E-state index in [2.05, 4.69) is 75.3 Å². The molecule has 3 heterocycles. The molecule has 1 atom stereocenters. The van der Waals surface area contributed by atoms with Gasteiger partial charge in [-0.3, -0.25) is 4.90 Å². The lowest BCUT2D eigenvalue weighted by Gasteiger charge is -2.38. The molecule has 0 amide bonds. The van der Waals surface area contributed by atoms with Crippen molar-refractivity contribution in [1.29, 1.82) is 0 Å². The van der Waals surface area contributed by atoms with Crippen LogP contribution in [0.5, 0.6) is 5.75 Å². The van der Waals surface area contributed by atoms with Crippen LogP contribution in [-0.2, 0) is 6.54 Å². The minimum atomic E-state index is 0.509. The summed E-state index contributed by atoms with van der Waals surface area (Å²) >= 11 is 1.83. The second-order valence-corrected chi connectivity index (χ2v) is 9.27.